The van der Waals surface area contributed by atoms with Crippen LogP contribution >= 0.6 is 0 Å². The molecular formula is C7H16NO. The average Bonchev–Trinajstić information content (AvgIpc) is 1.62. The maximum Gasteiger partial charge on any atom is 0.0584 e. The summed E-state index contributed by atoms with van der Waals surface area (Å²) in [7, 11) is 0. The standard InChI is InChI=1S/C7H16NO/c1-6(5-9)8-7(2,3)4/h6,8-9H,1,5H2,2-4H3. The lowest BCUT2D eigenvalue weighted by Gasteiger charge is -2.24. The highest BCUT2D eigenvalue weighted by atomic mass is 16.3. The normalized spacial score (nSPS) is 15.7. The maximum absolute atomic E-state index is 8.57. The van der Waals surface area contributed by atoms with Crippen LogP contribution in [-0.2, 0) is 0 Å². The minimum atomic E-state index is -0.0509. The molecule has 0 aliphatic rings. The van der Waals surface area contributed by atoms with Gasteiger partial charge in [-0.1, -0.05) is 0 Å². The highest BCUT2D eigenvalue weighted by Crippen LogP contribution is 1.99. The van der Waals surface area contributed by atoms with Crippen molar-refractivity contribution >= 4 is 0 Å². The van der Waals surface area contributed by atoms with Crippen LogP contribution in [0.15, 0.2) is 0 Å². The summed E-state index contributed by atoms with van der Waals surface area (Å²) in [5, 5.41) is 11.7. The fraction of sp³-hybridized carbons (Fsp3) is 0.857. The molecule has 0 rings (SSSR count). The summed E-state index contributed by atoms with van der Waals surface area (Å²) in [6.07, 6.45) is 0. The molecule has 1 unspecified atom stereocenters. The predicted octanol–water partition coefficient (Wildman–Crippen LogP) is 0.569. The quantitative estimate of drug-likeness (QED) is 0.572. The van der Waals surface area contributed by atoms with Crippen molar-refractivity contribution < 1.29 is 5.11 Å². The third-order valence-electron chi connectivity index (χ3n) is 0.858. The Kier molecular flexibility index (Phi) is 3.15. The molecule has 2 heteroatoms. The van der Waals surface area contributed by atoms with E-state index in [1.165, 1.54) is 0 Å². The molecule has 0 amide bonds. The van der Waals surface area contributed by atoms with Crippen LogP contribution in [0, 0.1) is 6.92 Å². The zero-order valence-corrected chi connectivity index (χ0v) is 6.44. The molecule has 0 aromatic rings. The Balaban J connectivity index is 3.47. The number of nitrogens with one attached hydrogen (secondary N) is 1. The van der Waals surface area contributed by atoms with Gasteiger partial charge in [-0.05, 0) is 27.7 Å². The average molecular weight is 130 g/mol. The number of rotatable bonds is 2. The van der Waals surface area contributed by atoms with E-state index < -0.39 is 0 Å². The SMILES string of the molecule is [CH2]C(CO)NC(C)(C)C. The van der Waals surface area contributed by atoms with Crippen molar-refractivity contribution in [3.63, 3.8) is 0 Å². The Morgan fingerprint density at radius 1 is 1.56 bits per heavy atom. The molecule has 0 spiro atoms. The van der Waals surface area contributed by atoms with E-state index in [0.29, 0.717) is 0 Å². The first-order valence-corrected chi connectivity index (χ1v) is 3.17. The number of aliphatic hydroxyl groups excluding tert-OH is 1. The Hall–Kier alpha value is -0.0800. The van der Waals surface area contributed by atoms with Gasteiger partial charge in [-0.3, -0.25) is 0 Å². The molecular weight excluding hydrogens is 114 g/mol. The Morgan fingerprint density at radius 2 is 2.00 bits per heavy atom. The molecule has 0 saturated carbocycles. The highest BCUT2D eigenvalue weighted by Gasteiger charge is 2.11. The van der Waals surface area contributed by atoms with Gasteiger partial charge in [0.1, 0.15) is 0 Å². The molecule has 0 aromatic carbocycles. The van der Waals surface area contributed by atoms with Gasteiger partial charge in [0.2, 0.25) is 0 Å². The second kappa shape index (κ2) is 3.18. The van der Waals surface area contributed by atoms with Crippen LogP contribution in [0.2, 0.25) is 0 Å². The van der Waals surface area contributed by atoms with Gasteiger partial charge in [-0.25, -0.2) is 0 Å². The van der Waals surface area contributed by atoms with Crippen molar-refractivity contribution in [2.24, 2.45) is 0 Å². The van der Waals surface area contributed by atoms with E-state index in [2.05, 4.69) is 12.2 Å². The van der Waals surface area contributed by atoms with E-state index in [1.54, 1.807) is 0 Å². The van der Waals surface area contributed by atoms with Crippen LogP contribution in [0.4, 0.5) is 0 Å². The number of hydrogen-bond donors (Lipinski definition) is 2. The monoisotopic (exact) mass is 130 g/mol. The molecule has 2 N–H and O–H groups in total. The highest BCUT2D eigenvalue weighted by molar-refractivity contribution is 4.78. The number of hydrogen-bond acceptors (Lipinski definition) is 2. The molecule has 1 atom stereocenters. The summed E-state index contributed by atoms with van der Waals surface area (Å²) in [6.45, 7) is 9.90. The summed E-state index contributed by atoms with van der Waals surface area (Å²) in [4.78, 5) is 0. The van der Waals surface area contributed by atoms with Crippen LogP contribution in [0.5, 0.6) is 0 Å². The van der Waals surface area contributed by atoms with Crippen LogP contribution < -0.4 is 5.32 Å². The van der Waals surface area contributed by atoms with Gasteiger partial charge in [-0.15, -0.1) is 0 Å². The number of aliphatic hydroxyl groups is 1. The van der Waals surface area contributed by atoms with Gasteiger partial charge in [0.15, 0.2) is 0 Å². The lowest BCUT2D eigenvalue weighted by molar-refractivity contribution is 0.238. The minimum Gasteiger partial charge on any atom is -0.395 e. The Morgan fingerprint density at radius 3 is 2.11 bits per heavy atom. The van der Waals surface area contributed by atoms with E-state index in [-0.39, 0.29) is 18.2 Å². The third kappa shape index (κ3) is 5.80. The van der Waals surface area contributed by atoms with Crippen LogP contribution in [-0.4, -0.2) is 23.3 Å². The zero-order valence-electron chi connectivity index (χ0n) is 6.44. The topological polar surface area (TPSA) is 32.3 Å². The lowest BCUT2D eigenvalue weighted by Crippen LogP contribution is -2.43. The second-order valence-corrected chi connectivity index (χ2v) is 3.27. The molecule has 55 valence electrons. The van der Waals surface area contributed by atoms with Crippen molar-refractivity contribution in [1.29, 1.82) is 0 Å². The first-order valence-electron chi connectivity index (χ1n) is 3.17. The lowest BCUT2D eigenvalue weighted by atomic mass is 10.1. The summed E-state index contributed by atoms with van der Waals surface area (Å²) in [6, 6.07) is -0.0509. The molecule has 0 heterocycles. The Labute approximate surface area is 57.3 Å². The smallest absolute Gasteiger partial charge is 0.0584 e. The van der Waals surface area contributed by atoms with Crippen molar-refractivity contribution in [2.75, 3.05) is 6.61 Å². The molecule has 0 saturated heterocycles. The molecule has 0 bridgehead atoms. The van der Waals surface area contributed by atoms with Crippen molar-refractivity contribution in [3.05, 3.63) is 6.92 Å². The van der Waals surface area contributed by atoms with Gasteiger partial charge in [0.25, 0.3) is 0 Å². The molecule has 0 aromatic heterocycles. The van der Waals surface area contributed by atoms with Gasteiger partial charge in [0.05, 0.1) is 6.61 Å². The molecule has 2 nitrogen and oxygen atoms in total. The van der Waals surface area contributed by atoms with E-state index in [4.69, 9.17) is 5.11 Å². The zero-order chi connectivity index (χ0) is 7.49. The van der Waals surface area contributed by atoms with Crippen molar-refractivity contribution in [2.45, 2.75) is 32.4 Å². The fourth-order valence-electron chi connectivity index (χ4n) is 0.658. The van der Waals surface area contributed by atoms with E-state index >= 15 is 0 Å². The van der Waals surface area contributed by atoms with Crippen LogP contribution in [0.3, 0.4) is 0 Å². The summed E-state index contributed by atoms with van der Waals surface area (Å²) < 4.78 is 0. The third-order valence-corrected chi connectivity index (χ3v) is 0.858. The first kappa shape index (κ1) is 8.92. The first-order chi connectivity index (χ1) is 3.95. The van der Waals surface area contributed by atoms with Gasteiger partial charge in [-0.2, -0.15) is 0 Å². The van der Waals surface area contributed by atoms with Crippen LogP contribution in [0.1, 0.15) is 20.8 Å². The van der Waals surface area contributed by atoms with Crippen LogP contribution in [0.25, 0.3) is 0 Å². The molecule has 0 fully saturated rings. The maximum atomic E-state index is 8.57. The minimum absolute atomic E-state index is 0.0507. The molecule has 9 heavy (non-hydrogen) atoms. The predicted molar refractivity (Wildman–Crippen MR) is 39.1 cm³/mol. The van der Waals surface area contributed by atoms with Crippen molar-refractivity contribution in [3.8, 4) is 0 Å². The Bertz CT molecular complexity index is 75.5. The summed E-state index contributed by atoms with van der Waals surface area (Å²) in [5.74, 6) is 0. The van der Waals surface area contributed by atoms with Gasteiger partial charge < -0.3 is 10.4 Å². The van der Waals surface area contributed by atoms with Gasteiger partial charge in [0, 0.05) is 11.6 Å². The van der Waals surface area contributed by atoms with E-state index in [0.717, 1.165) is 0 Å². The molecule has 0 aliphatic carbocycles. The van der Waals surface area contributed by atoms with Gasteiger partial charge >= 0.3 is 0 Å². The second-order valence-electron chi connectivity index (χ2n) is 3.27. The summed E-state index contributed by atoms with van der Waals surface area (Å²) >= 11 is 0. The fourth-order valence-corrected chi connectivity index (χ4v) is 0.658. The van der Waals surface area contributed by atoms with Crippen molar-refractivity contribution in [1.82, 2.24) is 5.32 Å². The van der Waals surface area contributed by atoms with E-state index in [9.17, 15) is 0 Å². The molecule has 1 radical (unpaired) electrons. The summed E-state index contributed by atoms with van der Waals surface area (Å²) in [5.41, 5.74) is 0.0507. The van der Waals surface area contributed by atoms with E-state index in [1.807, 2.05) is 20.8 Å². The largest absolute Gasteiger partial charge is 0.395 e. The molecule has 0 aliphatic heterocycles.